The number of hydrogen-bond donors (Lipinski definition) is 1. The van der Waals surface area contributed by atoms with Crippen molar-refractivity contribution in [2.75, 3.05) is 0 Å². The molecule has 2 aromatic heterocycles. The van der Waals surface area contributed by atoms with Gasteiger partial charge in [-0.25, -0.2) is 4.68 Å². The molecule has 1 fully saturated rings. The van der Waals surface area contributed by atoms with Crippen LogP contribution in [0.5, 0.6) is 0 Å². The molecule has 0 aliphatic heterocycles. The maximum Gasteiger partial charge on any atom is 0.252 e. The van der Waals surface area contributed by atoms with Crippen molar-refractivity contribution in [3.8, 4) is 0 Å². The van der Waals surface area contributed by atoms with E-state index >= 15 is 0 Å². The molecule has 0 spiro atoms. The Morgan fingerprint density at radius 3 is 2.61 bits per heavy atom. The van der Waals surface area contributed by atoms with Gasteiger partial charge in [0.1, 0.15) is 0 Å². The minimum atomic E-state index is -0.186. The number of rotatable bonds is 6. The number of nitrogens with zero attached hydrogens (tertiary/aromatic N) is 5. The Morgan fingerprint density at radius 2 is 1.90 bits per heavy atom. The topological polar surface area (TPSA) is 79.7 Å². The minimum absolute atomic E-state index is 0.00651. The molecular formula is C24H34N6O. The molecule has 7 nitrogen and oxygen atoms in total. The van der Waals surface area contributed by atoms with E-state index in [1.54, 1.807) is 0 Å². The zero-order valence-corrected chi connectivity index (χ0v) is 19.2. The largest absolute Gasteiger partial charge is 0.322 e. The quantitative estimate of drug-likeness (QED) is 0.645. The van der Waals surface area contributed by atoms with Crippen molar-refractivity contribution in [1.82, 2.24) is 30.1 Å². The SMILES string of the molecule is CCc1ccc2[nH]c(=O)c(CN(Cc3nnnn3C(C)(C)C)C3CCCCC3)cc2c1. The molecule has 0 bridgehead atoms. The van der Waals surface area contributed by atoms with Gasteiger partial charge in [-0.2, -0.15) is 0 Å². The van der Waals surface area contributed by atoms with Gasteiger partial charge in [0.25, 0.3) is 5.56 Å². The van der Waals surface area contributed by atoms with Gasteiger partial charge in [-0.05, 0) is 79.6 Å². The van der Waals surface area contributed by atoms with E-state index < -0.39 is 0 Å². The van der Waals surface area contributed by atoms with Crippen LogP contribution >= 0.6 is 0 Å². The number of nitrogens with one attached hydrogen (secondary N) is 1. The molecular weight excluding hydrogens is 388 g/mol. The van der Waals surface area contributed by atoms with Gasteiger partial charge in [-0.3, -0.25) is 9.69 Å². The maximum atomic E-state index is 12.9. The Kier molecular flexibility index (Phi) is 6.23. The summed E-state index contributed by atoms with van der Waals surface area (Å²) in [6.45, 7) is 9.72. The summed E-state index contributed by atoms with van der Waals surface area (Å²) >= 11 is 0. The third-order valence-corrected chi connectivity index (χ3v) is 6.37. The molecule has 0 saturated heterocycles. The fourth-order valence-corrected chi connectivity index (χ4v) is 4.62. The van der Waals surface area contributed by atoms with Gasteiger partial charge in [-0.1, -0.05) is 32.3 Å². The lowest BCUT2D eigenvalue weighted by atomic mass is 9.93. The number of aromatic nitrogens is 5. The van der Waals surface area contributed by atoms with Crippen molar-refractivity contribution in [2.45, 2.75) is 90.9 Å². The number of tetrazole rings is 1. The van der Waals surface area contributed by atoms with Gasteiger partial charge in [0.15, 0.2) is 5.82 Å². The summed E-state index contributed by atoms with van der Waals surface area (Å²) in [4.78, 5) is 18.4. The second-order valence-corrected chi connectivity index (χ2v) is 9.77. The lowest BCUT2D eigenvalue weighted by Gasteiger charge is -2.34. The summed E-state index contributed by atoms with van der Waals surface area (Å²) in [5.74, 6) is 0.851. The second kappa shape index (κ2) is 8.91. The molecule has 0 amide bonds. The molecule has 0 radical (unpaired) electrons. The number of pyridine rings is 1. The summed E-state index contributed by atoms with van der Waals surface area (Å²) in [6.07, 6.45) is 7.05. The van der Waals surface area contributed by atoms with Crippen molar-refractivity contribution in [2.24, 2.45) is 0 Å². The van der Waals surface area contributed by atoms with Crippen LogP contribution in [0.25, 0.3) is 10.9 Å². The first-order valence-electron chi connectivity index (χ1n) is 11.5. The fourth-order valence-electron chi connectivity index (χ4n) is 4.62. The van der Waals surface area contributed by atoms with Crippen LogP contribution in [0.4, 0.5) is 0 Å². The summed E-state index contributed by atoms with van der Waals surface area (Å²) in [7, 11) is 0. The number of H-pyrrole nitrogens is 1. The molecule has 1 saturated carbocycles. The average Bonchev–Trinajstić information content (AvgIpc) is 3.23. The zero-order chi connectivity index (χ0) is 22.0. The number of aromatic amines is 1. The first kappa shape index (κ1) is 21.7. The van der Waals surface area contributed by atoms with Crippen molar-refractivity contribution >= 4 is 10.9 Å². The highest BCUT2D eigenvalue weighted by molar-refractivity contribution is 5.79. The van der Waals surface area contributed by atoms with E-state index in [-0.39, 0.29) is 11.1 Å². The highest BCUT2D eigenvalue weighted by Gasteiger charge is 2.27. The predicted molar refractivity (Wildman–Crippen MR) is 123 cm³/mol. The minimum Gasteiger partial charge on any atom is -0.322 e. The van der Waals surface area contributed by atoms with Crippen LogP contribution in [0.3, 0.4) is 0 Å². The van der Waals surface area contributed by atoms with E-state index in [9.17, 15) is 4.79 Å². The zero-order valence-electron chi connectivity index (χ0n) is 19.2. The molecule has 31 heavy (non-hydrogen) atoms. The average molecular weight is 423 g/mol. The van der Waals surface area contributed by atoms with Gasteiger partial charge < -0.3 is 4.98 Å². The molecule has 166 valence electrons. The van der Waals surface area contributed by atoms with Crippen LogP contribution in [0.1, 0.15) is 76.8 Å². The van der Waals surface area contributed by atoms with Crippen LogP contribution in [0, 0.1) is 0 Å². The molecule has 1 N–H and O–H groups in total. The molecule has 1 aliphatic carbocycles. The van der Waals surface area contributed by atoms with E-state index in [0.717, 1.165) is 41.6 Å². The number of fused-ring (bicyclic) bond motifs is 1. The van der Waals surface area contributed by atoms with Gasteiger partial charge >= 0.3 is 0 Å². The van der Waals surface area contributed by atoms with Crippen molar-refractivity contribution < 1.29 is 0 Å². The molecule has 2 heterocycles. The van der Waals surface area contributed by atoms with E-state index in [0.29, 0.717) is 19.1 Å². The Bertz CT molecular complexity index is 1090. The van der Waals surface area contributed by atoms with Gasteiger partial charge in [-0.15, -0.1) is 5.10 Å². The summed E-state index contributed by atoms with van der Waals surface area (Å²) in [5.41, 5.74) is 2.79. The van der Waals surface area contributed by atoms with Gasteiger partial charge in [0.2, 0.25) is 0 Å². The lowest BCUT2D eigenvalue weighted by molar-refractivity contribution is 0.130. The summed E-state index contributed by atoms with van der Waals surface area (Å²) < 4.78 is 1.90. The summed E-state index contributed by atoms with van der Waals surface area (Å²) in [5, 5.41) is 13.6. The smallest absolute Gasteiger partial charge is 0.252 e. The first-order valence-corrected chi connectivity index (χ1v) is 11.5. The number of aryl methyl sites for hydroxylation is 1. The first-order chi connectivity index (χ1) is 14.8. The molecule has 3 aromatic rings. The highest BCUT2D eigenvalue weighted by Crippen LogP contribution is 2.26. The van der Waals surface area contributed by atoms with E-state index in [1.165, 1.54) is 24.8 Å². The van der Waals surface area contributed by atoms with Crippen LogP contribution in [-0.2, 0) is 25.0 Å². The summed E-state index contributed by atoms with van der Waals surface area (Å²) in [6, 6.07) is 8.78. The Hall–Kier alpha value is -2.54. The maximum absolute atomic E-state index is 12.9. The van der Waals surface area contributed by atoms with Gasteiger partial charge in [0, 0.05) is 23.7 Å². The number of hydrogen-bond acceptors (Lipinski definition) is 5. The van der Waals surface area contributed by atoms with E-state index in [2.05, 4.69) is 71.3 Å². The Morgan fingerprint density at radius 1 is 1.13 bits per heavy atom. The lowest BCUT2D eigenvalue weighted by Crippen LogP contribution is -2.39. The van der Waals surface area contributed by atoms with Crippen molar-refractivity contribution in [3.63, 3.8) is 0 Å². The molecule has 4 rings (SSSR count). The molecule has 0 atom stereocenters. The Labute approximate surface area is 183 Å². The van der Waals surface area contributed by atoms with E-state index in [1.807, 2.05) is 10.7 Å². The van der Waals surface area contributed by atoms with Crippen molar-refractivity contribution in [3.05, 3.63) is 51.6 Å². The molecule has 7 heteroatoms. The predicted octanol–water partition coefficient (Wildman–Crippen LogP) is 4.17. The van der Waals surface area contributed by atoms with Crippen LogP contribution in [0.2, 0.25) is 0 Å². The normalized spacial score (nSPS) is 15.8. The fraction of sp³-hybridized carbons (Fsp3) is 0.583. The van der Waals surface area contributed by atoms with E-state index in [4.69, 9.17) is 0 Å². The third-order valence-electron chi connectivity index (χ3n) is 6.37. The number of benzene rings is 1. The monoisotopic (exact) mass is 422 g/mol. The highest BCUT2D eigenvalue weighted by atomic mass is 16.1. The Balaban J connectivity index is 1.67. The molecule has 0 unspecified atom stereocenters. The van der Waals surface area contributed by atoms with Crippen molar-refractivity contribution in [1.29, 1.82) is 0 Å². The standard InChI is InChI=1S/C24H34N6O/c1-5-17-11-12-21-18(13-17)14-19(23(31)25-21)15-29(20-9-7-6-8-10-20)16-22-26-27-28-30(22)24(2,3)4/h11-14,20H,5-10,15-16H2,1-4H3,(H,25,31). The van der Waals surface area contributed by atoms with Crippen LogP contribution in [-0.4, -0.2) is 36.1 Å². The third kappa shape index (κ3) is 4.87. The second-order valence-electron chi connectivity index (χ2n) is 9.77. The van der Waals surface area contributed by atoms with Gasteiger partial charge in [0.05, 0.1) is 12.1 Å². The van der Waals surface area contributed by atoms with Crippen LogP contribution in [0.15, 0.2) is 29.1 Å². The molecule has 1 aromatic carbocycles. The van der Waals surface area contributed by atoms with Crippen LogP contribution < -0.4 is 5.56 Å². The molecule has 1 aliphatic rings.